The average Bonchev–Trinajstić information content (AvgIpc) is 2.76. The van der Waals surface area contributed by atoms with Gasteiger partial charge in [-0.25, -0.2) is 0 Å². The second-order valence-electron chi connectivity index (χ2n) is 5.99. The van der Waals surface area contributed by atoms with Crippen LogP contribution in [0.5, 0.6) is 11.5 Å². The highest BCUT2D eigenvalue weighted by Crippen LogP contribution is 2.16. The van der Waals surface area contributed by atoms with E-state index in [-0.39, 0.29) is 6.54 Å². The summed E-state index contributed by atoms with van der Waals surface area (Å²) in [7, 11) is 3.05. The van der Waals surface area contributed by atoms with Gasteiger partial charge in [-0.15, -0.1) is 0 Å². The standard InChI is InChI=1S/C21H24N2O6/c1-27-16-9-7-15(8-10-16)11-12-22-19(24)14-29-20(25)13-23-21(26)17-5-3-4-6-18(17)28-2/h3-10H,11-14H2,1-2H3,(H,22,24)(H,23,26). The lowest BCUT2D eigenvalue weighted by Crippen LogP contribution is -2.34. The third kappa shape index (κ3) is 7.17. The minimum absolute atomic E-state index is 0.305. The van der Waals surface area contributed by atoms with Crippen molar-refractivity contribution in [2.45, 2.75) is 6.42 Å². The highest BCUT2D eigenvalue weighted by Gasteiger charge is 2.13. The lowest BCUT2D eigenvalue weighted by atomic mass is 10.1. The van der Waals surface area contributed by atoms with Crippen molar-refractivity contribution in [2.75, 3.05) is 33.9 Å². The molecule has 0 spiro atoms. The average molecular weight is 400 g/mol. The van der Waals surface area contributed by atoms with Crippen molar-refractivity contribution in [3.8, 4) is 11.5 Å². The molecule has 8 nitrogen and oxygen atoms in total. The van der Waals surface area contributed by atoms with E-state index in [0.717, 1.165) is 11.3 Å². The molecule has 0 atom stereocenters. The minimum Gasteiger partial charge on any atom is -0.497 e. The zero-order valence-electron chi connectivity index (χ0n) is 16.4. The topological polar surface area (TPSA) is 103 Å². The fraction of sp³-hybridized carbons (Fsp3) is 0.286. The van der Waals surface area contributed by atoms with E-state index in [9.17, 15) is 14.4 Å². The van der Waals surface area contributed by atoms with Crippen molar-refractivity contribution in [2.24, 2.45) is 0 Å². The molecule has 2 amide bonds. The predicted octanol–water partition coefficient (Wildman–Crippen LogP) is 1.34. The molecular weight excluding hydrogens is 376 g/mol. The number of nitrogens with one attached hydrogen (secondary N) is 2. The molecule has 0 aromatic heterocycles. The Balaban J connectivity index is 1.65. The van der Waals surface area contributed by atoms with E-state index >= 15 is 0 Å². The van der Waals surface area contributed by atoms with Crippen LogP contribution in [0.3, 0.4) is 0 Å². The summed E-state index contributed by atoms with van der Waals surface area (Å²) in [6.45, 7) is -0.352. The first-order valence-electron chi connectivity index (χ1n) is 9.00. The zero-order chi connectivity index (χ0) is 21.1. The first-order valence-corrected chi connectivity index (χ1v) is 9.00. The third-order valence-electron chi connectivity index (χ3n) is 4.00. The first-order chi connectivity index (χ1) is 14.0. The molecule has 29 heavy (non-hydrogen) atoms. The number of rotatable bonds is 10. The van der Waals surface area contributed by atoms with Crippen LogP contribution in [-0.2, 0) is 20.7 Å². The summed E-state index contributed by atoms with van der Waals surface area (Å²) in [6, 6.07) is 14.2. The van der Waals surface area contributed by atoms with Crippen LogP contribution < -0.4 is 20.1 Å². The van der Waals surface area contributed by atoms with Crippen LogP contribution in [0.4, 0.5) is 0 Å². The Morgan fingerprint density at radius 3 is 2.31 bits per heavy atom. The van der Waals surface area contributed by atoms with Gasteiger partial charge in [-0.1, -0.05) is 24.3 Å². The molecule has 154 valence electrons. The number of benzene rings is 2. The molecule has 2 aromatic carbocycles. The maximum absolute atomic E-state index is 12.1. The fourth-order valence-corrected chi connectivity index (χ4v) is 2.47. The van der Waals surface area contributed by atoms with Crippen molar-refractivity contribution < 1.29 is 28.6 Å². The number of para-hydroxylation sites is 1. The Morgan fingerprint density at radius 1 is 0.897 bits per heavy atom. The van der Waals surface area contributed by atoms with Crippen molar-refractivity contribution in [1.29, 1.82) is 0 Å². The number of hydrogen-bond acceptors (Lipinski definition) is 6. The monoisotopic (exact) mass is 400 g/mol. The van der Waals surface area contributed by atoms with Crippen molar-refractivity contribution in [1.82, 2.24) is 10.6 Å². The molecule has 2 N–H and O–H groups in total. The maximum Gasteiger partial charge on any atom is 0.325 e. The van der Waals surface area contributed by atoms with Crippen LogP contribution in [-0.4, -0.2) is 51.7 Å². The van der Waals surface area contributed by atoms with Crippen LogP contribution in [0.25, 0.3) is 0 Å². The second kappa shape index (κ2) is 11.3. The molecule has 0 saturated carbocycles. The zero-order valence-corrected chi connectivity index (χ0v) is 16.4. The number of methoxy groups -OCH3 is 2. The van der Waals surface area contributed by atoms with Gasteiger partial charge in [-0.3, -0.25) is 14.4 Å². The van der Waals surface area contributed by atoms with Gasteiger partial charge < -0.3 is 24.8 Å². The summed E-state index contributed by atoms with van der Waals surface area (Å²) in [5, 5.41) is 5.11. The van der Waals surface area contributed by atoms with Gasteiger partial charge in [0.2, 0.25) is 0 Å². The van der Waals surface area contributed by atoms with Gasteiger partial charge in [-0.2, -0.15) is 0 Å². The molecule has 0 aliphatic rings. The number of esters is 1. The molecule has 0 aliphatic heterocycles. The Kier molecular flexibility index (Phi) is 8.50. The Bertz CT molecular complexity index is 835. The lowest BCUT2D eigenvalue weighted by Gasteiger charge is -2.09. The number of amides is 2. The van der Waals surface area contributed by atoms with Gasteiger partial charge in [0.15, 0.2) is 6.61 Å². The van der Waals surface area contributed by atoms with Gasteiger partial charge >= 0.3 is 5.97 Å². The summed E-state index contributed by atoms with van der Waals surface area (Å²) in [6.07, 6.45) is 0.638. The van der Waals surface area contributed by atoms with Crippen LogP contribution in [0.1, 0.15) is 15.9 Å². The van der Waals surface area contributed by atoms with Crippen molar-refractivity contribution in [3.63, 3.8) is 0 Å². The lowest BCUT2D eigenvalue weighted by molar-refractivity contribution is -0.147. The van der Waals surface area contributed by atoms with E-state index in [4.69, 9.17) is 14.2 Å². The predicted molar refractivity (Wildman–Crippen MR) is 106 cm³/mol. The normalized spacial score (nSPS) is 10.0. The maximum atomic E-state index is 12.1. The van der Waals surface area contributed by atoms with Crippen LogP contribution >= 0.6 is 0 Å². The van der Waals surface area contributed by atoms with Gasteiger partial charge in [0.05, 0.1) is 19.8 Å². The van der Waals surface area contributed by atoms with E-state index in [0.29, 0.717) is 24.3 Å². The van der Waals surface area contributed by atoms with E-state index in [1.54, 1.807) is 31.4 Å². The summed E-state index contributed by atoms with van der Waals surface area (Å²) in [5.74, 6) is -0.429. The van der Waals surface area contributed by atoms with Crippen LogP contribution in [0, 0.1) is 0 Å². The molecular formula is C21H24N2O6. The molecule has 0 heterocycles. The quantitative estimate of drug-likeness (QED) is 0.584. The second-order valence-corrected chi connectivity index (χ2v) is 5.99. The van der Waals surface area contributed by atoms with Crippen molar-refractivity contribution >= 4 is 17.8 Å². The van der Waals surface area contributed by atoms with Gasteiger partial charge in [0.25, 0.3) is 11.8 Å². The van der Waals surface area contributed by atoms with Gasteiger partial charge in [0.1, 0.15) is 18.0 Å². The molecule has 0 saturated heterocycles. The summed E-state index contributed by atoms with van der Waals surface area (Å²) in [4.78, 5) is 35.6. The van der Waals surface area contributed by atoms with Crippen LogP contribution in [0.2, 0.25) is 0 Å². The Hall–Kier alpha value is -3.55. The number of carbonyl (C=O) groups excluding carboxylic acids is 3. The first kappa shape index (κ1) is 21.7. The number of carbonyl (C=O) groups is 3. The minimum atomic E-state index is -0.710. The number of hydrogen-bond donors (Lipinski definition) is 2. The van der Waals surface area contributed by atoms with Gasteiger partial charge in [-0.05, 0) is 36.2 Å². The molecule has 0 radical (unpaired) electrons. The SMILES string of the molecule is COc1ccc(CCNC(=O)COC(=O)CNC(=O)c2ccccc2OC)cc1. The molecule has 2 rings (SSSR count). The highest BCUT2D eigenvalue weighted by atomic mass is 16.5. The highest BCUT2D eigenvalue weighted by molar-refractivity contribution is 5.98. The summed E-state index contributed by atoms with van der Waals surface area (Å²) >= 11 is 0. The smallest absolute Gasteiger partial charge is 0.325 e. The molecule has 0 fully saturated rings. The Labute approximate surface area is 169 Å². The van der Waals surface area contributed by atoms with Crippen LogP contribution in [0.15, 0.2) is 48.5 Å². The Morgan fingerprint density at radius 2 is 1.62 bits per heavy atom. The van der Waals surface area contributed by atoms with E-state index < -0.39 is 24.4 Å². The van der Waals surface area contributed by atoms with E-state index in [2.05, 4.69) is 10.6 Å². The third-order valence-corrected chi connectivity index (χ3v) is 4.00. The molecule has 0 aliphatic carbocycles. The van der Waals surface area contributed by atoms with E-state index in [1.807, 2.05) is 24.3 Å². The summed E-state index contributed by atoms with van der Waals surface area (Å²) in [5.41, 5.74) is 1.35. The van der Waals surface area contributed by atoms with Gasteiger partial charge in [0, 0.05) is 6.54 Å². The molecule has 0 unspecified atom stereocenters. The fourth-order valence-electron chi connectivity index (χ4n) is 2.47. The largest absolute Gasteiger partial charge is 0.497 e. The molecule has 2 aromatic rings. The van der Waals surface area contributed by atoms with E-state index in [1.165, 1.54) is 7.11 Å². The summed E-state index contributed by atoms with van der Waals surface area (Å²) < 4.78 is 15.1. The van der Waals surface area contributed by atoms with Crippen molar-refractivity contribution in [3.05, 3.63) is 59.7 Å². The molecule has 0 bridgehead atoms. The molecule has 8 heteroatoms. The number of ether oxygens (including phenoxy) is 3.